The quantitative estimate of drug-likeness (QED) is 0.117. The van der Waals surface area contributed by atoms with Crippen molar-refractivity contribution < 1.29 is 25.8 Å². The van der Waals surface area contributed by atoms with E-state index in [1.54, 1.807) is 5.20 Å². The van der Waals surface area contributed by atoms with E-state index in [1.165, 1.54) is 66.9 Å². The van der Waals surface area contributed by atoms with Gasteiger partial charge in [-0.1, -0.05) is 107 Å². The normalized spacial score (nSPS) is 13.6. The molecule has 1 unspecified atom stereocenters. The fraction of sp³-hybridized carbons (Fsp3) is 0.158. The van der Waals surface area contributed by atoms with Gasteiger partial charge >= 0.3 is 25.8 Å². The number of unbranched alkanes of at least 4 members (excludes halogenated alkanes) is 1. The second-order valence-corrected chi connectivity index (χ2v) is 11.8. The first kappa shape index (κ1) is 31.8. The van der Waals surface area contributed by atoms with Crippen molar-refractivity contribution in [3.63, 3.8) is 0 Å². The van der Waals surface area contributed by atoms with Crippen LogP contribution >= 0.6 is 0 Å². The average Bonchev–Trinajstić information content (AvgIpc) is 3.47. The Hall–Kier alpha value is -2.68. The molecule has 5 aromatic carbocycles. The molecule has 0 fully saturated rings. The SMILES string of the molecule is [CH2-]CCCC1C([Si]c2cc3c(-c4cccc(C)c4)cccc3[cH-]2)=Cc2c(-c3cccc(C)c3)cccc21.[CH3-].[CH3-].[Hf+4]. The second-order valence-electron chi connectivity index (χ2n) is 10.4. The van der Waals surface area contributed by atoms with Crippen LogP contribution in [0, 0.1) is 35.6 Å². The third-order valence-corrected chi connectivity index (χ3v) is 8.99. The first-order chi connectivity index (χ1) is 18.1. The minimum absolute atomic E-state index is 0. The van der Waals surface area contributed by atoms with Crippen LogP contribution in [0.2, 0.25) is 0 Å². The van der Waals surface area contributed by atoms with Gasteiger partial charge in [0.15, 0.2) is 0 Å². The van der Waals surface area contributed by atoms with Crippen LogP contribution in [0.25, 0.3) is 39.1 Å². The topological polar surface area (TPSA) is 0 Å². The van der Waals surface area contributed by atoms with E-state index in [0.29, 0.717) is 15.4 Å². The van der Waals surface area contributed by atoms with E-state index in [1.807, 2.05) is 0 Å². The second kappa shape index (κ2) is 13.8. The van der Waals surface area contributed by atoms with Gasteiger partial charge in [0.05, 0.1) is 9.52 Å². The van der Waals surface area contributed by atoms with Crippen LogP contribution in [0.4, 0.5) is 0 Å². The number of hydrogen-bond acceptors (Lipinski definition) is 0. The zero-order valence-electron chi connectivity index (χ0n) is 24.2. The molecule has 1 aliphatic rings. The van der Waals surface area contributed by atoms with Gasteiger partial charge in [-0.05, 0) is 48.1 Å². The van der Waals surface area contributed by atoms with Gasteiger partial charge in [0.2, 0.25) is 0 Å². The maximum atomic E-state index is 4.14. The first-order valence-electron chi connectivity index (χ1n) is 13.3. The van der Waals surface area contributed by atoms with Crippen molar-refractivity contribution in [2.24, 2.45) is 0 Å². The van der Waals surface area contributed by atoms with Crippen molar-refractivity contribution in [1.82, 2.24) is 0 Å². The van der Waals surface area contributed by atoms with Gasteiger partial charge in [0.1, 0.15) is 0 Å². The van der Waals surface area contributed by atoms with Gasteiger partial charge < -0.3 is 21.8 Å². The predicted octanol–water partition coefficient (Wildman–Crippen LogP) is 9.88. The van der Waals surface area contributed by atoms with E-state index in [-0.39, 0.29) is 40.7 Å². The van der Waals surface area contributed by atoms with Crippen LogP contribution in [-0.2, 0) is 25.8 Å². The summed E-state index contributed by atoms with van der Waals surface area (Å²) in [5.74, 6) is 0.481. The Morgan fingerprint density at radius 1 is 0.775 bits per heavy atom. The smallest absolute Gasteiger partial charge is 0.358 e. The monoisotopic (exact) mass is 702 g/mol. The van der Waals surface area contributed by atoms with E-state index in [9.17, 15) is 0 Å². The van der Waals surface area contributed by atoms with Crippen molar-refractivity contribution in [2.45, 2.75) is 39.0 Å². The predicted molar refractivity (Wildman–Crippen MR) is 174 cm³/mol. The van der Waals surface area contributed by atoms with E-state index >= 15 is 0 Å². The molecule has 5 aromatic rings. The third-order valence-electron chi connectivity index (χ3n) is 7.63. The zero-order valence-corrected chi connectivity index (χ0v) is 28.8. The fourth-order valence-corrected chi connectivity index (χ4v) is 7.32. The van der Waals surface area contributed by atoms with Crippen LogP contribution in [-0.4, -0.2) is 9.52 Å². The molecule has 40 heavy (non-hydrogen) atoms. The number of fused-ring (bicyclic) bond motifs is 2. The summed E-state index contributed by atoms with van der Waals surface area (Å²) in [5, 5.41) is 5.70. The minimum Gasteiger partial charge on any atom is -0.358 e. The number of rotatable bonds is 7. The van der Waals surface area contributed by atoms with E-state index in [0.717, 1.165) is 12.8 Å². The van der Waals surface area contributed by atoms with Gasteiger partial charge in [0.25, 0.3) is 0 Å². The van der Waals surface area contributed by atoms with Crippen molar-refractivity contribution in [1.29, 1.82) is 0 Å². The standard InChI is InChI=1S/C36H32Si.2CH3.Hf/c1-4-5-15-33-32-18-9-17-31(27-13-7-11-25(3)20-27)35(32)23-36(33)37-29-21-28-14-8-16-30(34(28)22-29)26-12-6-10-24(2)19-26;;;/h6-14,16-23,33H,1,4-5,15H2,2-3H3;2*1H3;/q-2;2*-1;+4. The molecule has 0 aromatic heterocycles. The number of hydrogen-bond donors (Lipinski definition) is 0. The fourth-order valence-electron chi connectivity index (χ4n) is 5.86. The van der Waals surface area contributed by atoms with Crippen LogP contribution < -0.4 is 5.19 Å². The summed E-state index contributed by atoms with van der Waals surface area (Å²) in [4.78, 5) is 0. The first-order valence-corrected chi connectivity index (χ1v) is 14.3. The molecule has 0 amide bonds. The summed E-state index contributed by atoms with van der Waals surface area (Å²) in [6.07, 6.45) is 5.82. The molecule has 198 valence electrons. The van der Waals surface area contributed by atoms with Crippen LogP contribution in [0.5, 0.6) is 0 Å². The maximum absolute atomic E-state index is 4.14. The summed E-state index contributed by atoms with van der Waals surface area (Å²) in [7, 11) is 0.673. The minimum atomic E-state index is 0. The summed E-state index contributed by atoms with van der Waals surface area (Å²) in [6.45, 7) is 8.49. The molecule has 1 aliphatic carbocycles. The number of benzene rings is 4. The molecular formula is C38H38HfSi. The Labute approximate surface area is 263 Å². The summed E-state index contributed by atoms with van der Waals surface area (Å²) < 4.78 is 0. The summed E-state index contributed by atoms with van der Waals surface area (Å²) >= 11 is 0. The van der Waals surface area contributed by atoms with Gasteiger partial charge in [-0.2, -0.15) is 12.5 Å². The van der Waals surface area contributed by atoms with Crippen LogP contribution in [0.3, 0.4) is 0 Å². The van der Waals surface area contributed by atoms with Crippen molar-refractivity contribution in [3.05, 3.63) is 146 Å². The molecule has 2 radical (unpaired) electrons. The molecule has 0 saturated heterocycles. The Morgan fingerprint density at radius 2 is 1.40 bits per heavy atom. The number of aryl methyl sites for hydroxylation is 2. The number of allylic oxidation sites excluding steroid dienone is 1. The average molecular weight is 701 g/mol. The maximum Gasteiger partial charge on any atom is 4.00 e. The Kier molecular flexibility index (Phi) is 11.0. The molecule has 6 rings (SSSR count). The zero-order chi connectivity index (χ0) is 25.4. The van der Waals surface area contributed by atoms with Gasteiger partial charge in [-0.15, -0.1) is 34.2 Å². The molecule has 0 nitrogen and oxygen atoms in total. The van der Waals surface area contributed by atoms with E-state index in [2.05, 4.69) is 124 Å². The summed E-state index contributed by atoms with van der Waals surface area (Å²) in [6, 6.07) is 36.2. The molecule has 2 heteroatoms. The Bertz CT molecular complexity index is 1620. The molecule has 0 N–H and O–H groups in total. The molecular weight excluding hydrogens is 663 g/mol. The van der Waals surface area contributed by atoms with Gasteiger partial charge in [-0.3, -0.25) is 0 Å². The van der Waals surface area contributed by atoms with Gasteiger partial charge in [0, 0.05) is 5.92 Å². The van der Waals surface area contributed by atoms with Crippen LogP contribution in [0.1, 0.15) is 47.4 Å². The molecule has 0 aliphatic heterocycles. The molecule has 0 spiro atoms. The Morgan fingerprint density at radius 3 is 2.08 bits per heavy atom. The van der Waals surface area contributed by atoms with Crippen molar-refractivity contribution >= 4 is 31.6 Å². The summed E-state index contributed by atoms with van der Waals surface area (Å²) in [5.41, 5.74) is 10.8. The van der Waals surface area contributed by atoms with Crippen LogP contribution in [0.15, 0.2) is 102 Å². The molecule has 0 heterocycles. The molecule has 0 bridgehead atoms. The van der Waals surface area contributed by atoms with Crippen molar-refractivity contribution in [3.8, 4) is 22.3 Å². The largest absolute Gasteiger partial charge is 4.00 e. The Balaban J connectivity index is 0.00000147. The van der Waals surface area contributed by atoms with Crippen molar-refractivity contribution in [2.75, 3.05) is 0 Å². The third kappa shape index (κ3) is 6.29. The van der Waals surface area contributed by atoms with Gasteiger partial charge in [-0.25, -0.2) is 0 Å². The molecule has 0 saturated carbocycles. The molecule has 1 atom stereocenters. The van der Waals surface area contributed by atoms with E-state index < -0.39 is 0 Å². The van der Waals surface area contributed by atoms with E-state index in [4.69, 9.17) is 0 Å².